The molecule has 1 amide bonds. The van der Waals surface area contributed by atoms with Gasteiger partial charge in [0.05, 0.1) is 18.2 Å². The van der Waals surface area contributed by atoms with Crippen molar-refractivity contribution < 1.29 is 14.3 Å². The van der Waals surface area contributed by atoms with E-state index in [-0.39, 0.29) is 11.1 Å². The molecular weight excluding hydrogens is 298 g/mol. The Morgan fingerprint density at radius 3 is 2.78 bits per heavy atom. The highest BCUT2D eigenvalue weighted by atomic mass is 16.5. The fourth-order valence-corrected chi connectivity index (χ4v) is 2.10. The van der Waals surface area contributed by atoms with Crippen molar-refractivity contribution in [3.63, 3.8) is 0 Å². The van der Waals surface area contributed by atoms with Crippen LogP contribution in [0.1, 0.15) is 20.7 Å². The van der Waals surface area contributed by atoms with Crippen LogP contribution in [-0.2, 0) is 11.8 Å². The van der Waals surface area contributed by atoms with Crippen molar-refractivity contribution in [2.75, 3.05) is 12.4 Å². The van der Waals surface area contributed by atoms with E-state index in [1.807, 2.05) is 0 Å². The zero-order chi connectivity index (χ0) is 16.4. The summed E-state index contributed by atoms with van der Waals surface area (Å²) >= 11 is 0. The normalized spacial score (nSPS) is 10.5. The van der Waals surface area contributed by atoms with E-state index in [1.54, 1.807) is 29.9 Å². The zero-order valence-corrected chi connectivity index (χ0v) is 12.5. The minimum atomic E-state index is -0.556. The van der Waals surface area contributed by atoms with Crippen molar-refractivity contribution in [1.29, 1.82) is 0 Å². The first-order valence-corrected chi connectivity index (χ1v) is 6.72. The summed E-state index contributed by atoms with van der Waals surface area (Å²) in [6, 6.07) is 4.98. The highest BCUT2D eigenvalue weighted by Crippen LogP contribution is 2.16. The van der Waals surface area contributed by atoms with Crippen molar-refractivity contribution >= 4 is 29.0 Å². The standard InChI is InChI=1S/C15H13N5O3/c1-20-12-11(4-3-5-17-12)18-15(20)19-13(21)9-6-10(8-16-7-9)14(22)23-2/h3-8H,1-2H3,(H,18,19,21). The van der Waals surface area contributed by atoms with Gasteiger partial charge in [0.1, 0.15) is 5.52 Å². The highest BCUT2D eigenvalue weighted by Gasteiger charge is 2.15. The Morgan fingerprint density at radius 2 is 2.04 bits per heavy atom. The lowest BCUT2D eigenvalue weighted by atomic mass is 10.2. The van der Waals surface area contributed by atoms with E-state index in [0.29, 0.717) is 17.1 Å². The van der Waals surface area contributed by atoms with Crippen LogP contribution in [0.4, 0.5) is 5.95 Å². The Balaban J connectivity index is 1.89. The molecule has 116 valence electrons. The number of carbonyl (C=O) groups is 2. The van der Waals surface area contributed by atoms with Crippen LogP contribution >= 0.6 is 0 Å². The maximum absolute atomic E-state index is 12.3. The summed E-state index contributed by atoms with van der Waals surface area (Å²) in [5.74, 6) is -0.632. The number of rotatable bonds is 3. The first kappa shape index (κ1) is 14.6. The van der Waals surface area contributed by atoms with E-state index in [9.17, 15) is 9.59 Å². The average molecular weight is 311 g/mol. The lowest BCUT2D eigenvalue weighted by molar-refractivity contribution is 0.0600. The lowest BCUT2D eigenvalue weighted by Gasteiger charge is -2.05. The predicted molar refractivity (Wildman–Crippen MR) is 82.0 cm³/mol. The second-order valence-corrected chi connectivity index (χ2v) is 4.75. The van der Waals surface area contributed by atoms with Gasteiger partial charge in [-0.25, -0.2) is 14.8 Å². The number of imidazole rings is 1. The second-order valence-electron chi connectivity index (χ2n) is 4.75. The first-order chi connectivity index (χ1) is 11.1. The Bertz CT molecular complexity index is 903. The number of aryl methyl sites for hydroxylation is 1. The number of hydrogen-bond acceptors (Lipinski definition) is 6. The summed E-state index contributed by atoms with van der Waals surface area (Å²) in [6.07, 6.45) is 4.35. The summed E-state index contributed by atoms with van der Waals surface area (Å²) in [5.41, 5.74) is 1.76. The number of nitrogens with one attached hydrogen (secondary N) is 1. The second kappa shape index (κ2) is 5.84. The number of amides is 1. The third kappa shape index (κ3) is 2.73. The number of carbonyl (C=O) groups excluding carboxylic acids is 2. The van der Waals surface area contributed by atoms with Gasteiger partial charge in [0, 0.05) is 25.6 Å². The number of esters is 1. The molecule has 0 unspecified atom stereocenters. The van der Waals surface area contributed by atoms with Crippen molar-refractivity contribution in [3.8, 4) is 0 Å². The Kier molecular flexibility index (Phi) is 3.71. The molecule has 3 aromatic rings. The van der Waals surface area contributed by atoms with Crippen LogP contribution in [0.3, 0.4) is 0 Å². The third-order valence-electron chi connectivity index (χ3n) is 3.27. The summed E-state index contributed by atoms with van der Waals surface area (Å²) < 4.78 is 6.28. The number of anilines is 1. The van der Waals surface area contributed by atoms with Crippen LogP contribution in [-0.4, -0.2) is 38.5 Å². The van der Waals surface area contributed by atoms with Gasteiger partial charge < -0.3 is 4.74 Å². The van der Waals surface area contributed by atoms with Gasteiger partial charge in [-0.3, -0.25) is 19.7 Å². The molecule has 1 N–H and O–H groups in total. The maximum Gasteiger partial charge on any atom is 0.339 e. The van der Waals surface area contributed by atoms with Gasteiger partial charge in [0.15, 0.2) is 5.65 Å². The van der Waals surface area contributed by atoms with Gasteiger partial charge in [-0.2, -0.15) is 0 Å². The quantitative estimate of drug-likeness (QED) is 0.734. The molecule has 0 fully saturated rings. The highest BCUT2D eigenvalue weighted by molar-refractivity contribution is 6.05. The number of ether oxygens (including phenoxy) is 1. The molecule has 23 heavy (non-hydrogen) atoms. The summed E-state index contributed by atoms with van der Waals surface area (Å²) in [4.78, 5) is 36.2. The minimum absolute atomic E-state index is 0.201. The number of hydrogen-bond donors (Lipinski definition) is 1. The number of pyridine rings is 2. The SMILES string of the molecule is COC(=O)c1cncc(C(=O)Nc2nc3cccnc3n2C)c1. The Labute approximate surface area is 131 Å². The van der Waals surface area contributed by atoms with E-state index in [1.165, 1.54) is 25.6 Å². The lowest BCUT2D eigenvalue weighted by Crippen LogP contribution is -2.16. The maximum atomic E-state index is 12.3. The molecule has 0 aliphatic heterocycles. The van der Waals surface area contributed by atoms with Crippen molar-refractivity contribution in [3.05, 3.63) is 47.9 Å². The van der Waals surface area contributed by atoms with E-state index >= 15 is 0 Å². The predicted octanol–water partition coefficient (Wildman–Crippen LogP) is 1.40. The summed E-state index contributed by atoms with van der Waals surface area (Å²) in [7, 11) is 3.02. The molecule has 3 heterocycles. The van der Waals surface area contributed by atoms with Gasteiger partial charge in [-0.05, 0) is 18.2 Å². The fourth-order valence-electron chi connectivity index (χ4n) is 2.10. The third-order valence-corrected chi connectivity index (χ3v) is 3.27. The van der Waals surface area contributed by atoms with Crippen LogP contribution < -0.4 is 5.32 Å². The van der Waals surface area contributed by atoms with Gasteiger partial charge in [0.2, 0.25) is 5.95 Å². The minimum Gasteiger partial charge on any atom is -0.465 e. The number of methoxy groups -OCH3 is 1. The van der Waals surface area contributed by atoms with E-state index in [0.717, 1.165) is 0 Å². The topological polar surface area (TPSA) is 99.0 Å². The molecule has 0 saturated carbocycles. The molecule has 3 rings (SSSR count). The molecule has 0 spiro atoms. The van der Waals surface area contributed by atoms with Crippen molar-refractivity contribution in [1.82, 2.24) is 19.5 Å². The molecule has 3 aromatic heterocycles. The fraction of sp³-hybridized carbons (Fsp3) is 0.133. The van der Waals surface area contributed by atoms with E-state index in [2.05, 4.69) is 25.0 Å². The monoisotopic (exact) mass is 311 g/mol. The van der Waals surface area contributed by atoms with Gasteiger partial charge >= 0.3 is 5.97 Å². The molecule has 8 nitrogen and oxygen atoms in total. The molecular formula is C15H13N5O3. The van der Waals surface area contributed by atoms with Crippen LogP contribution in [0.15, 0.2) is 36.8 Å². The molecule has 8 heteroatoms. The largest absolute Gasteiger partial charge is 0.465 e. The first-order valence-electron chi connectivity index (χ1n) is 6.72. The average Bonchev–Trinajstić information content (AvgIpc) is 2.90. The zero-order valence-electron chi connectivity index (χ0n) is 12.5. The van der Waals surface area contributed by atoms with Gasteiger partial charge in [-0.15, -0.1) is 0 Å². The number of nitrogens with zero attached hydrogens (tertiary/aromatic N) is 4. The molecule has 0 aliphatic carbocycles. The van der Waals surface area contributed by atoms with Crippen LogP contribution in [0.5, 0.6) is 0 Å². The van der Waals surface area contributed by atoms with E-state index < -0.39 is 11.9 Å². The molecule has 0 aliphatic rings. The Morgan fingerprint density at radius 1 is 1.26 bits per heavy atom. The van der Waals surface area contributed by atoms with Gasteiger partial charge in [-0.1, -0.05) is 0 Å². The molecule has 0 saturated heterocycles. The van der Waals surface area contributed by atoms with Crippen LogP contribution in [0.25, 0.3) is 11.2 Å². The molecule has 0 bridgehead atoms. The van der Waals surface area contributed by atoms with Gasteiger partial charge in [0.25, 0.3) is 5.91 Å². The summed E-state index contributed by atoms with van der Waals surface area (Å²) in [5, 5.41) is 2.68. The molecule has 0 aromatic carbocycles. The number of fused-ring (bicyclic) bond motifs is 1. The van der Waals surface area contributed by atoms with Crippen LogP contribution in [0.2, 0.25) is 0 Å². The number of aromatic nitrogens is 4. The smallest absolute Gasteiger partial charge is 0.339 e. The van der Waals surface area contributed by atoms with Crippen LogP contribution in [0, 0.1) is 0 Å². The molecule has 0 atom stereocenters. The van der Waals surface area contributed by atoms with Crippen molar-refractivity contribution in [2.24, 2.45) is 7.05 Å². The van der Waals surface area contributed by atoms with E-state index in [4.69, 9.17) is 0 Å². The van der Waals surface area contributed by atoms with Crippen molar-refractivity contribution in [2.45, 2.75) is 0 Å². The molecule has 0 radical (unpaired) electrons. The summed E-state index contributed by atoms with van der Waals surface area (Å²) in [6.45, 7) is 0. The Hall–Kier alpha value is -3.29.